The molecule has 0 spiro atoms. The average molecular weight is 416 g/mol. The molecule has 0 aliphatic carbocycles. The standard InChI is InChI=1S/C22H13ClF3NO2/c23-18-8-6-15(12-17(18)22(24,25)26)19-9-10-20(29-19)21(28)27-16-7-5-13-3-1-2-4-14(13)11-16/h1-12H,(H,27,28). The zero-order chi connectivity index (χ0) is 20.6. The van der Waals surface area contributed by atoms with Crippen molar-refractivity contribution < 1.29 is 22.4 Å². The fourth-order valence-corrected chi connectivity index (χ4v) is 3.20. The molecule has 1 aromatic heterocycles. The van der Waals surface area contributed by atoms with Crippen LogP contribution in [0.4, 0.5) is 18.9 Å². The van der Waals surface area contributed by atoms with E-state index in [-0.39, 0.29) is 17.1 Å². The van der Waals surface area contributed by atoms with E-state index in [2.05, 4.69) is 5.32 Å². The predicted octanol–water partition coefficient (Wildman–Crippen LogP) is 7.02. The SMILES string of the molecule is O=C(Nc1ccc2ccccc2c1)c1ccc(-c2ccc(Cl)c(C(F)(F)F)c2)o1. The first-order chi connectivity index (χ1) is 13.8. The van der Waals surface area contributed by atoms with Crippen LogP contribution < -0.4 is 5.32 Å². The van der Waals surface area contributed by atoms with Crippen molar-refractivity contribution in [1.29, 1.82) is 0 Å². The molecule has 4 rings (SSSR count). The van der Waals surface area contributed by atoms with Crippen LogP contribution in [0.1, 0.15) is 16.1 Å². The van der Waals surface area contributed by atoms with Crippen LogP contribution in [0.3, 0.4) is 0 Å². The molecule has 0 bridgehead atoms. The van der Waals surface area contributed by atoms with Gasteiger partial charge in [-0.15, -0.1) is 0 Å². The first-order valence-electron chi connectivity index (χ1n) is 8.58. The highest BCUT2D eigenvalue weighted by Crippen LogP contribution is 2.37. The van der Waals surface area contributed by atoms with E-state index in [0.717, 1.165) is 22.9 Å². The number of alkyl halides is 3. The van der Waals surface area contributed by atoms with Crippen LogP contribution in [-0.2, 0) is 6.18 Å². The van der Waals surface area contributed by atoms with Gasteiger partial charge in [-0.05, 0) is 53.2 Å². The molecule has 1 N–H and O–H groups in total. The van der Waals surface area contributed by atoms with E-state index in [9.17, 15) is 18.0 Å². The lowest BCUT2D eigenvalue weighted by Gasteiger charge is -2.10. The van der Waals surface area contributed by atoms with Crippen molar-refractivity contribution in [3.63, 3.8) is 0 Å². The van der Waals surface area contributed by atoms with Crippen molar-refractivity contribution in [3.8, 4) is 11.3 Å². The highest BCUT2D eigenvalue weighted by atomic mass is 35.5. The molecule has 0 saturated heterocycles. The van der Waals surface area contributed by atoms with E-state index in [1.807, 2.05) is 36.4 Å². The van der Waals surface area contributed by atoms with Gasteiger partial charge < -0.3 is 9.73 Å². The molecular weight excluding hydrogens is 403 g/mol. The quantitative estimate of drug-likeness (QED) is 0.390. The normalized spacial score (nSPS) is 11.6. The third-order valence-electron chi connectivity index (χ3n) is 4.39. The van der Waals surface area contributed by atoms with E-state index in [1.54, 1.807) is 6.07 Å². The number of carbonyl (C=O) groups is 1. The van der Waals surface area contributed by atoms with Crippen molar-refractivity contribution in [3.05, 3.63) is 89.1 Å². The molecule has 0 radical (unpaired) electrons. The Bertz CT molecular complexity index is 1210. The predicted molar refractivity (Wildman–Crippen MR) is 106 cm³/mol. The second-order valence-electron chi connectivity index (χ2n) is 6.37. The molecule has 7 heteroatoms. The molecule has 0 saturated carbocycles. The van der Waals surface area contributed by atoms with Crippen LogP contribution in [0.25, 0.3) is 22.1 Å². The van der Waals surface area contributed by atoms with Gasteiger partial charge >= 0.3 is 6.18 Å². The molecule has 3 nitrogen and oxygen atoms in total. The van der Waals surface area contributed by atoms with Crippen molar-refractivity contribution in [2.24, 2.45) is 0 Å². The van der Waals surface area contributed by atoms with Gasteiger partial charge in [0.25, 0.3) is 5.91 Å². The van der Waals surface area contributed by atoms with Gasteiger partial charge in [0, 0.05) is 11.3 Å². The van der Waals surface area contributed by atoms with Crippen LogP contribution in [0, 0.1) is 0 Å². The summed E-state index contributed by atoms with van der Waals surface area (Å²) in [5.74, 6) is -0.385. The van der Waals surface area contributed by atoms with Gasteiger partial charge in [-0.2, -0.15) is 13.2 Å². The zero-order valence-corrected chi connectivity index (χ0v) is 15.5. The number of furan rings is 1. The highest BCUT2D eigenvalue weighted by Gasteiger charge is 2.33. The molecule has 29 heavy (non-hydrogen) atoms. The van der Waals surface area contributed by atoms with Crippen LogP contribution in [0.5, 0.6) is 0 Å². The highest BCUT2D eigenvalue weighted by molar-refractivity contribution is 6.31. The van der Waals surface area contributed by atoms with E-state index < -0.39 is 22.7 Å². The summed E-state index contributed by atoms with van der Waals surface area (Å²) < 4.78 is 44.6. The van der Waals surface area contributed by atoms with Crippen LogP contribution in [0.15, 0.2) is 77.2 Å². The summed E-state index contributed by atoms with van der Waals surface area (Å²) in [6, 6.07) is 19.5. The lowest BCUT2D eigenvalue weighted by molar-refractivity contribution is -0.137. The van der Waals surface area contributed by atoms with Gasteiger partial charge in [0.1, 0.15) is 5.76 Å². The van der Waals surface area contributed by atoms with Gasteiger partial charge in [0.15, 0.2) is 5.76 Å². The molecule has 4 aromatic rings. The smallest absolute Gasteiger partial charge is 0.417 e. The summed E-state index contributed by atoms with van der Waals surface area (Å²) in [4.78, 5) is 12.5. The Hall–Kier alpha value is -3.25. The summed E-state index contributed by atoms with van der Waals surface area (Å²) in [6.07, 6.45) is -4.59. The number of hydrogen-bond donors (Lipinski definition) is 1. The molecule has 0 aliphatic heterocycles. The van der Waals surface area contributed by atoms with Gasteiger partial charge in [-0.1, -0.05) is 41.9 Å². The van der Waals surface area contributed by atoms with E-state index in [4.69, 9.17) is 16.0 Å². The Labute approximate surface area is 168 Å². The Morgan fingerprint density at radius 3 is 2.41 bits per heavy atom. The van der Waals surface area contributed by atoms with Gasteiger partial charge in [0.2, 0.25) is 0 Å². The van der Waals surface area contributed by atoms with Gasteiger partial charge in [0.05, 0.1) is 10.6 Å². The molecule has 0 fully saturated rings. The molecule has 0 atom stereocenters. The largest absolute Gasteiger partial charge is 0.451 e. The Kier molecular flexibility index (Phi) is 4.80. The lowest BCUT2D eigenvalue weighted by atomic mass is 10.1. The van der Waals surface area contributed by atoms with Crippen LogP contribution >= 0.6 is 11.6 Å². The molecule has 0 aliphatic rings. The maximum atomic E-state index is 13.1. The van der Waals surface area contributed by atoms with Gasteiger partial charge in [-0.25, -0.2) is 0 Å². The minimum atomic E-state index is -4.59. The van der Waals surface area contributed by atoms with Crippen molar-refractivity contribution in [2.75, 3.05) is 5.32 Å². The number of fused-ring (bicyclic) bond motifs is 1. The maximum Gasteiger partial charge on any atom is 0.417 e. The lowest BCUT2D eigenvalue weighted by Crippen LogP contribution is -2.10. The first-order valence-corrected chi connectivity index (χ1v) is 8.96. The number of anilines is 1. The molecule has 3 aromatic carbocycles. The fraction of sp³-hybridized carbons (Fsp3) is 0.0455. The van der Waals surface area contributed by atoms with Crippen molar-refractivity contribution in [1.82, 2.24) is 0 Å². The van der Waals surface area contributed by atoms with Crippen molar-refractivity contribution in [2.45, 2.75) is 6.18 Å². The number of nitrogens with one attached hydrogen (secondary N) is 1. The summed E-state index contributed by atoms with van der Waals surface area (Å²) in [5, 5.41) is 4.33. The number of hydrogen-bond acceptors (Lipinski definition) is 2. The minimum Gasteiger partial charge on any atom is -0.451 e. The average Bonchev–Trinajstić information content (AvgIpc) is 3.18. The third kappa shape index (κ3) is 3.98. The molecule has 146 valence electrons. The number of carbonyl (C=O) groups excluding carboxylic acids is 1. The Morgan fingerprint density at radius 1 is 0.897 bits per heavy atom. The molecular formula is C22H13ClF3NO2. The zero-order valence-electron chi connectivity index (χ0n) is 14.8. The minimum absolute atomic E-state index is 0.0170. The van der Waals surface area contributed by atoms with E-state index >= 15 is 0 Å². The second kappa shape index (κ2) is 7.29. The maximum absolute atomic E-state index is 13.1. The summed E-state index contributed by atoms with van der Waals surface area (Å²) >= 11 is 5.64. The van der Waals surface area contributed by atoms with Crippen LogP contribution in [-0.4, -0.2) is 5.91 Å². The van der Waals surface area contributed by atoms with Gasteiger partial charge in [-0.3, -0.25) is 4.79 Å². The molecule has 1 amide bonds. The fourth-order valence-electron chi connectivity index (χ4n) is 2.97. The third-order valence-corrected chi connectivity index (χ3v) is 4.72. The summed E-state index contributed by atoms with van der Waals surface area (Å²) in [7, 11) is 0. The number of halogens is 4. The Morgan fingerprint density at radius 2 is 1.66 bits per heavy atom. The van der Waals surface area contributed by atoms with E-state index in [0.29, 0.717) is 5.69 Å². The topological polar surface area (TPSA) is 42.2 Å². The monoisotopic (exact) mass is 415 g/mol. The molecule has 1 heterocycles. The first kappa shape index (κ1) is 19.1. The summed E-state index contributed by atoms with van der Waals surface area (Å²) in [5.41, 5.74) is -0.209. The van der Waals surface area contributed by atoms with Crippen molar-refractivity contribution >= 4 is 34.0 Å². The number of amides is 1. The number of rotatable bonds is 3. The summed E-state index contributed by atoms with van der Waals surface area (Å²) in [6.45, 7) is 0. The number of benzene rings is 3. The molecule has 0 unspecified atom stereocenters. The van der Waals surface area contributed by atoms with E-state index in [1.165, 1.54) is 18.2 Å². The second-order valence-corrected chi connectivity index (χ2v) is 6.78. The van der Waals surface area contributed by atoms with Crippen LogP contribution in [0.2, 0.25) is 5.02 Å². The Balaban J connectivity index is 1.57.